The number of anilines is 1. The Hall–Kier alpha value is -3.56. The summed E-state index contributed by atoms with van der Waals surface area (Å²) in [5.74, 6) is 2.34. The molecule has 0 fully saturated rings. The predicted molar refractivity (Wildman–Crippen MR) is 123 cm³/mol. The molecule has 0 unspecified atom stereocenters. The van der Waals surface area contributed by atoms with E-state index < -0.39 is 6.09 Å². The Balaban J connectivity index is 1.46. The van der Waals surface area contributed by atoms with Crippen LogP contribution in [0.1, 0.15) is 17.0 Å². The first-order valence-electron chi connectivity index (χ1n) is 9.70. The molecule has 1 aromatic heterocycles. The normalized spacial score (nSPS) is 13.8. The molecule has 2 aromatic carbocycles. The van der Waals surface area contributed by atoms with E-state index in [-0.39, 0.29) is 6.54 Å². The summed E-state index contributed by atoms with van der Waals surface area (Å²) in [5, 5.41) is 3.48. The smallest absolute Gasteiger partial charge is 0.407 e. The number of hydrogen-bond acceptors (Lipinski definition) is 5. The molecule has 2 heterocycles. The van der Waals surface area contributed by atoms with Crippen LogP contribution in [-0.2, 0) is 4.74 Å². The molecule has 5 nitrogen and oxygen atoms in total. The highest BCUT2D eigenvalue weighted by molar-refractivity contribution is 7.19. The molecular weight excluding hydrogens is 394 g/mol. The van der Waals surface area contributed by atoms with Gasteiger partial charge in [0.1, 0.15) is 5.01 Å². The number of para-hydroxylation sites is 2. The van der Waals surface area contributed by atoms with Gasteiger partial charge in [-0.05, 0) is 42.3 Å². The molecule has 0 saturated carbocycles. The van der Waals surface area contributed by atoms with Gasteiger partial charge in [-0.25, -0.2) is 9.78 Å². The zero-order chi connectivity index (χ0) is 20.8. The van der Waals surface area contributed by atoms with Crippen LogP contribution in [0.3, 0.4) is 0 Å². The fourth-order valence-electron chi connectivity index (χ4n) is 3.29. The van der Waals surface area contributed by atoms with Crippen LogP contribution in [0.25, 0.3) is 21.9 Å². The van der Waals surface area contributed by atoms with Crippen LogP contribution in [0, 0.1) is 12.3 Å². The molecular formula is C24H21N3O2S. The fraction of sp³-hybridized carbons (Fsp3) is 0.167. The van der Waals surface area contributed by atoms with E-state index in [0.29, 0.717) is 13.0 Å². The van der Waals surface area contributed by atoms with E-state index in [1.807, 2.05) is 30.3 Å². The lowest BCUT2D eigenvalue weighted by Crippen LogP contribution is -2.26. The predicted octanol–water partition coefficient (Wildman–Crippen LogP) is 4.92. The largest absolute Gasteiger partial charge is 0.449 e. The second kappa shape index (κ2) is 9.29. The average Bonchev–Trinajstić information content (AvgIpc) is 3.19. The Labute approximate surface area is 179 Å². The van der Waals surface area contributed by atoms with Crippen LogP contribution in [-0.4, -0.2) is 30.8 Å². The number of benzene rings is 2. The third-order valence-electron chi connectivity index (χ3n) is 4.66. The van der Waals surface area contributed by atoms with Crippen molar-refractivity contribution < 1.29 is 9.53 Å². The maximum Gasteiger partial charge on any atom is 0.407 e. The summed E-state index contributed by atoms with van der Waals surface area (Å²) in [4.78, 5) is 18.4. The summed E-state index contributed by atoms with van der Waals surface area (Å²) in [6.07, 6.45) is 11.6. The Kier molecular flexibility index (Phi) is 6.11. The summed E-state index contributed by atoms with van der Waals surface area (Å²) in [5.41, 5.74) is 4.44. The summed E-state index contributed by atoms with van der Waals surface area (Å²) in [7, 11) is 0. The minimum absolute atomic E-state index is 0.171. The minimum atomic E-state index is -0.483. The highest BCUT2D eigenvalue weighted by atomic mass is 32.1. The van der Waals surface area contributed by atoms with Gasteiger partial charge < -0.3 is 15.0 Å². The third-order valence-corrected chi connectivity index (χ3v) is 5.64. The van der Waals surface area contributed by atoms with Crippen molar-refractivity contribution in [1.82, 2.24) is 10.3 Å². The van der Waals surface area contributed by atoms with Gasteiger partial charge in [-0.1, -0.05) is 36.3 Å². The molecule has 3 aromatic rings. The van der Waals surface area contributed by atoms with Gasteiger partial charge in [0, 0.05) is 24.0 Å². The van der Waals surface area contributed by atoms with Gasteiger partial charge in [0.15, 0.2) is 0 Å². The lowest BCUT2D eigenvalue weighted by atomic mass is 9.99. The van der Waals surface area contributed by atoms with Crippen LogP contribution in [0.4, 0.5) is 10.5 Å². The van der Waals surface area contributed by atoms with E-state index in [0.717, 1.165) is 33.9 Å². The van der Waals surface area contributed by atoms with Gasteiger partial charge in [-0.2, -0.15) is 0 Å². The lowest BCUT2D eigenvalue weighted by molar-refractivity contribution is 0.147. The first-order chi connectivity index (χ1) is 14.7. The van der Waals surface area contributed by atoms with Crippen molar-refractivity contribution in [2.45, 2.75) is 6.42 Å². The average molecular weight is 416 g/mol. The topological polar surface area (TPSA) is 54.5 Å². The van der Waals surface area contributed by atoms with Crippen molar-refractivity contribution in [3.8, 4) is 12.3 Å². The summed E-state index contributed by atoms with van der Waals surface area (Å²) >= 11 is 1.69. The number of terminal acetylenes is 1. The van der Waals surface area contributed by atoms with Crippen molar-refractivity contribution in [3.63, 3.8) is 0 Å². The molecule has 0 bridgehead atoms. The van der Waals surface area contributed by atoms with Crippen LogP contribution >= 0.6 is 11.3 Å². The lowest BCUT2D eigenvalue weighted by Gasteiger charge is -2.27. The van der Waals surface area contributed by atoms with E-state index in [1.165, 1.54) is 4.70 Å². The Morgan fingerprint density at radius 1 is 1.23 bits per heavy atom. The van der Waals surface area contributed by atoms with Crippen molar-refractivity contribution in [2.75, 3.05) is 24.6 Å². The minimum Gasteiger partial charge on any atom is -0.449 e. The number of ether oxygens (including phenoxy) is 1. The second-order valence-corrected chi connectivity index (χ2v) is 7.76. The fourth-order valence-corrected chi connectivity index (χ4v) is 4.21. The number of aromatic nitrogens is 1. The number of thiazole rings is 1. The third kappa shape index (κ3) is 4.53. The van der Waals surface area contributed by atoms with E-state index in [9.17, 15) is 4.79 Å². The van der Waals surface area contributed by atoms with E-state index in [1.54, 1.807) is 11.3 Å². The van der Waals surface area contributed by atoms with Crippen LogP contribution < -0.4 is 10.2 Å². The molecule has 30 heavy (non-hydrogen) atoms. The highest BCUT2D eigenvalue weighted by Gasteiger charge is 2.16. The molecule has 1 N–H and O–H groups in total. The molecule has 0 radical (unpaired) electrons. The quantitative estimate of drug-likeness (QED) is 0.459. The van der Waals surface area contributed by atoms with Gasteiger partial charge in [0.25, 0.3) is 0 Å². The first kappa shape index (κ1) is 19.7. The Morgan fingerprint density at radius 3 is 2.93 bits per heavy atom. The zero-order valence-electron chi connectivity index (χ0n) is 16.4. The molecule has 1 amide bonds. The van der Waals surface area contributed by atoms with Gasteiger partial charge in [-0.15, -0.1) is 17.8 Å². The maximum absolute atomic E-state index is 11.5. The summed E-state index contributed by atoms with van der Waals surface area (Å²) in [6.45, 7) is 1.24. The van der Waals surface area contributed by atoms with E-state index in [4.69, 9.17) is 16.1 Å². The number of allylic oxidation sites excluding steroid dienone is 2. The molecule has 0 atom stereocenters. The van der Waals surface area contributed by atoms with Gasteiger partial charge in [0.05, 0.1) is 23.4 Å². The number of nitrogens with one attached hydrogen (secondary N) is 1. The van der Waals surface area contributed by atoms with E-state index in [2.05, 4.69) is 52.7 Å². The highest BCUT2D eigenvalue weighted by Crippen LogP contribution is 2.35. The van der Waals surface area contributed by atoms with Crippen molar-refractivity contribution >= 4 is 45.0 Å². The van der Waals surface area contributed by atoms with Crippen molar-refractivity contribution in [2.24, 2.45) is 0 Å². The standard InChI is InChI=1S/C24H21N3O2S/c1-2-13-25-24(28)29-16-7-14-27-15-12-18(19-8-3-5-10-21(19)27)17-23-26-20-9-4-6-11-22(20)30-23/h1,3-6,8-12,15,17H,7,13-14,16H2,(H,25,28)/b18-17+. The number of amides is 1. The number of fused-ring (bicyclic) bond motifs is 2. The SMILES string of the molecule is C#CCNC(=O)OCCCN1C=C/C(=C\c2nc3ccccc3s2)c2ccccc21. The van der Waals surface area contributed by atoms with Crippen molar-refractivity contribution in [3.05, 3.63) is 71.4 Å². The molecule has 1 aliphatic rings. The van der Waals surface area contributed by atoms with Crippen LogP contribution in [0.5, 0.6) is 0 Å². The summed E-state index contributed by atoms with van der Waals surface area (Å²) < 4.78 is 6.32. The van der Waals surface area contributed by atoms with Crippen molar-refractivity contribution in [1.29, 1.82) is 0 Å². The van der Waals surface area contributed by atoms with E-state index >= 15 is 0 Å². The zero-order valence-corrected chi connectivity index (χ0v) is 17.2. The number of carbonyl (C=O) groups is 1. The van der Waals surface area contributed by atoms with Gasteiger partial charge in [-0.3, -0.25) is 0 Å². The molecule has 1 aliphatic heterocycles. The van der Waals surface area contributed by atoms with Gasteiger partial charge >= 0.3 is 6.09 Å². The number of alkyl carbamates (subject to hydrolysis) is 1. The van der Waals surface area contributed by atoms with Crippen LogP contribution in [0.15, 0.2) is 60.8 Å². The van der Waals surface area contributed by atoms with Crippen LogP contribution in [0.2, 0.25) is 0 Å². The first-order valence-corrected chi connectivity index (χ1v) is 10.5. The molecule has 6 heteroatoms. The number of rotatable bonds is 6. The Bertz CT molecular complexity index is 1120. The molecule has 0 spiro atoms. The molecule has 150 valence electrons. The summed E-state index contributed by atoms with van der Waals surface area (Å²) in [6, 6.07) is 16.5. The maximum atomic E-state index is 11.5. The number of hydrogen-bond donors (Lipinski definition) is 1. The molecule has 4 rings (SSSR count). The number of carbonyl (C=O) groups excluding carboxylic acids is 1. The molecule has 0 saturated heterocycles. The van der Waals surface area contributed by atoms with Gasteiger partial charge in [0.2, 0.25) is 0 Å². The Morgan fingerprint density at radius 2 is 2.07 bits per heavy atom. The second-order valence-electron chi connectivity index (χ2n) is 6.69. The monoisotopic (exact) mass is 415 g/mol. The molecule has 0 aliphatic carbocycles. The number of nitrogens with zero attached hydrogens (tertiary/aromatic N) is 2.